The Morgan fingerprint density at radius 2 is 1.72 bits per heavy atom. The number of pyridine rings is 1. The summed E-state index contributed by atoms with van der Waals surface area (Å²) in [6.07, 6.45) is 1.59. The number of aromatic nitrogens is 1. The van der Waals surface area contributed by atoms with Gasteiger partial charge in [0.05, 0.1) is 12.2 Å². The Hall–Kier alpha value is -3.67. The van der Waals surface area contributed by atoms with E-state index in [9.17, 15) is 9.59 Å². The van der Waals surface area contributed by atoms with Crippen LogP contribution in [0.15, 0.2) is 60.8 Å². The Kier molecular flexibility index (Phi) is 6.24. The third-order valence-corrected chi connectivity index (χ3v) is 4.32. The van der Waals surface area contributed by atoms with E-state index in [1.165, 1.54) is 0 Å². The Morgan fingerprint density at radius 3 is 2.45 bits per heavy atom. The maximum atomic E-state index is 12.6. The molecule has 2 N–H and O–H groups in total. The predicted octanol–water partition coefficient (Wildman–Crippen LogP) is 4.87. The van der Waals surface area contributed by atoms with Crippen molar-refractivity contribution in [2.45, 2.75) is 20.8 Å². The molecular formula is C23H23N3O3. The quantitative estimate of drug-likeness (QED) is 0.588. The molecule has 29 heavy (non-hydrogen) atoms. The molecule has 6 nitrogen and oxygen atoms in total. The standard InChI is InChI=1S/C23H23N3O3/c1-4-29-23(28)17-7-9-18(10-8-17)26-22(27)21-14-19(11-12-24-21)25-20-13-15(2)5-6-16(20)3/h5-14H,4H2,1-3H3,(H,24,25)(H,26,27). The van der Waals surface area contributed by atoms with Crippen molar-refractivity contribution >= 4 is 28.9 Å². The highest BCUT2D eigenvalue weighted by Crippen LogP contribution is 2.22. The molecule has 0 fully saturated rings. The minimum atomic E-state index is -0.391. The van der Waals surface area contributed by atoms with E-state index in [-0.39, 0.29) is 11.6 Å². The Bertz CT molecular complexity index is 1030. The highest BCUT2D eigenvalue weighted by Gasteiger charge is 2.11. The molecule has 148 valence electrons. The lowest BCUT2D eigenvalue weighted by atomic mass is 10.1. The van der Waals surface area contributed by atoms with Gasteiger partial charge in [-0.2, -0.15) is 0 Å². The Labute approximate surface area is 169 Å². The average molecular weight is 389 g/mol. The van der Waals surface area contributed by atoms with Gasteiger partial charge in [-0.15, -0.1) is 0 Å². The van der Waals surface area contributed by atoms with Crippen LogP contribution >= 0.6 is 0 Å². The van der Waals surface area contributed by atoms with E-state index < -0.39 is 5.97 Å². The lowest BCUT2D eigenvalue weighted by Gasteiger charge is -2.11. The number of carbonyl (C=O) groups excluding carboxylic acids is 2. The monoisotopic (exact) mass is 389 g/mol. The second-order valence-corrected chi connectivity index (χ2v) is 6.63. The van der Waals surface area contributed by atoms with E-state index in [0.717, 1.165) is 22.5 Å². The SMILES string of the molecule is CCOC(=O)c1ccc(NC(=O)c2cc(Nc3cc(C)ccc3C)ccn2)cc1. The molecule has 0 saturated carbocycles. The summed E-state index contributed by atoms with van der Waals surface area (Å²) >= 11 is 0. The zero-order chi connectivity index (χ0) is 20.8. The largest absolute Gasteiger partial charge is 0.462 e. The van der Waals surface area contributed by atoms with E-state index in [1.807, 2.05) is 26.0 Å². The summed E-state index contributed by atoms with van der Waals surface area (Å²) in [5, 5.41) is 6.12. The van der Waals surface area contributed by atoms with Crippen LogP contribution in [0, 0.1) is 13.8 Å². The van der Waals surface area contributed by atoms with E-state index in [2.05, 4.69) is 27.8 Å². The van der Waals surface area contributed by atoms with Crippen molar-refractivity contribution in [1.29, 1.82) is 0 Å². The molecule has 0 aliphatic carbocycles. The van der Waals surface area contributed by atoms with Gasteiger partial charge in [-0.3, -0.25) is 9.78 Å². The molecule has 0 unspecified atom stereocenters. The number of amides is 1. The molecule has 1 aromatic heterocycles. The smallest absolute Gasteiger partial charge is 0.338 e. The zero-order valence-electron chi connectivity index (χ0n) is 16.7. The normalized spacial score (nSPS) is 10.3. The summed E-state index contributed by atoms with van der Waals surface area (Å²) in [6.45, 7) is 6.12. The first-order valence-corrected chi connectivity index (χ1v) is 9.35. The number of carbonyl (C=O) groups is 2. The van der Waals surface area contributed by atoms with E-state index >= 15 is 0 Å². The fourth-order valence-electron chi connectivity index (χ4n) is 2.76. The van der Waals surface area contributed by atoms with Gasteiger partial charge in [-0.05, 0) is 74.4 Å². The van der Waals surface area contributed by atoms with Gasteiger partial charge in [0, 0.05) is 23.3 Å². The molecular weight excluding hydrogens is 366 g/mol. The van der Waals surface area contributed by atoms with Crippen LogP contribution in [0.25, 0.3) is 0 Å². The third-order valence-electron chi connectivity index (χ3n) is 4.32. The second-order valence-electron chi connectivity index (χ2n) is 6.63. The summed E-state index contributed by atoms with van der Waals surface area (Å²) < 4.78 is 4.95. The number of anilines is 3. The molecule has 0 bridgehead atoms. The van der Waals surface area contributed by atoms with Gasteiger partial charge >= 0.3 is 5.97 Å². The minimum absolute atomic E-state index is 0.287. The molecule has 3 rings (SSSR count). The van der Waals surface area contributed by atoms with Crippen LogP contribution in [0.4, 0.5) is 17.1 Å². The molecule has 1 heterocycles. The Morgan fingerprint density at radius 1 is 0.966 bits per heavy atom. The van der Waals surface area contributed by atoms with E-state index in [1.54, 1.807) is 43.5 Å². The first kappa shape index (κ1) is 20.1. The fraction of sp³-hybridized carbons (Fsp3) is 0.174. The van der Waals surface area contributed by atoms with Gasteiger partial charge in [0.15, 0.2) is 0 Å². The number of aryl methyl sites for hydroxylation is 2. The van der Waals surface area contributed by atoms with Crippen molar-refractivity contribution in [2.24, 2.45) is 0 Å². The third kappa shape index (κ3) is 5.19. The van der Waals surface area contributed by atoms with Gasteiger partial charge in [0.2, 0.25) is 0 Å². The molecule has 0 spiro atoms. The number of rotatable bonds is 6. The van der Waals surface area contributed by atoms with Crippen molar-refractivity contribution in [3.63, 3.8) is 0 Å². The first-order chi connectivity index (χ1) is 14.0. The molecule has 0 saturated heterocycles. The molecule has 1 amide bonds. The van der Waals surface area contributed by atoms with Gasteiger partial charge in [0.1, 0.15) is 5.69 Å². The van der Waals surface area contributed by atoms with Crippen LogP contribution in [0.5, 0.6) is 0 Å². The molecule has 0 aliphatic rings. The van der Waals surface area contributed by atoms with Crippen LogP contribution in [0.2, 0.25) is 0 Å². The van der Waals surface area contributed by atoms with Crippen LogP contribution in [0.1, 0.15) is 38.9 Å². The first-order valence-electron chi connectivity index (χ1n) is 9.35. The van der Waals surface area contributed by atoms with Gasteiger partial charge in [-0.25, -0.2) is 4.79 Å². The summed E-state index contributed by atoms with van der Waals surface area (Å²) in [6, 6.07) is 16.2. The van der Waals surface area contributed by atoms with Crippen molar-refractivity contribution in [3.8, 4) is 0 Å². The second kappa shape index (κ2) is 9.01. The molecule has 2 aromatic carbocycles. The van der Waals surface area contributed by atoms with Crippen LogP contribution in [0.3, 0.4) is 0 Å². The Balaban J connectivity index is 1.71. The summed E-state index contributed by atoms with van der Waals surface area (Å²) in [5.74, 6) is -0.726. The summed E-state index contributed by atoms with van der Waals surface area (Å²) in [5.41, 5.74) is 5.31. The number of nitrogens with one attached hydrogen (secondary N) is 2. The summed E-state index contributed by atoms with van der Waals surface area (Å²) in [7, 11) is 0. The number of hydrogen-bond acceptors (Lipinski definition) is 5. The predicted molar refractivity (Wildman–Crippen MR) is 114 cm³/mol. The van der Waals surface area contributed by atoms with Crippen molar-refractivity contribution in [1.82, 2.24) is 4.98 Å². The molecule has 0 aliphatic heterocycles. The minimum Gasteiger partial charge on any atom is -0.462 e. The zero-order valence-corrected chi connectivity index (χ0v) is 16.7. The number of benzene rings is 2. The van der Waals surface area contributed by atoms with Crippen LogP contribution in [-0.4, -0.2) is 23.5 Å². The average Bonchev–Trinajstić information content (AvgIpc) is 2.71. The van der Waals surface area contributed by atoms with E-state index in [0.29, 0.717) is 17.9 Å². The lowest BCUT2D eigenvalue weighted by molar-refractivity contribution is 0.0526. The molecule has 6 heteroatoms. The highest BCUT2D eigenvalue weighted by molar-refractivity contribution is 6.03. The van der Waals surface area contributed by atoms with Gasteiger partial charge in [-0.1, -0.05) is 12.1 Å². The van der Waals surface area contributed by atoms with Crippen molar-refractivity contribution in [3.05, 3.63) is 83.2 Å². The fourth-order valence-corrected chi connectivity index (χ4v) is 2.76. The molecule has 0 atom stereocenters. The number of nitrogens with zero attached hydrogens (tertiary/aromatic N) is 1. The topological polar surface area (TPSA) is 80.3 Å². The molecule has 3 aromatic rings. The van der Waals surface area contributed by atoms with Crippen molar-refractivity contribution < 1.29 is 14.3 Å². The summed E-state index contributed by atoms with van der Waals surface area (Å²) in [4.78, 5) is 28.4. The number of hydrogen-bond donors (Lipinski definition) is 2. The van der Waals surface area contributed by atoms with Crippen molar-refractivity contribution in [2.75, 3.05) is 17.2 Å². The van der Waals surface area contributed by atoms with Crippen LogP contribution < -0.4 is 10.6 Å². The molecule has 0 radical (unpaired) electrons. The van der Waals surface area contributed by atoms with Gasteiger partial charge in [0.25, 0.3) is 5.91 Å². The maximum Gasteiger partial charge on any atom is 0.338 e. The lowest BCUT2D eigenvalue weighted by Crippen LogP contribution is -2.14. The van der Waals surface area contributed by atoms with E-state index in [4.69, 9.17) is 4.74 Å². The maximum absolute atomic E-state index is 12.6. The number of ether oxygens (including phenoxy) is 1. The van der Waals surface area contributed by atoms with Crippen LogP contribution in [-0.2, 0) is 4.74 Å². The van der Waals surface area contributed by atoms with Gasteiger partial charge < -0.3 is 15.4 Å². The highest BCUT2D eigenvalue weighted by atomic mass is 16.5. The number of esters is 1.